The molecule has 1 aromatic heterocycles. The van der Waals surface area contributed by atoms with E-state index >= 15 is 0 Å². The first kappa shape index (κ1) is 12.2. The molecule has 72 valence electrons. The van der Waals surface area contributed by atoms with Crippen LogP contribution in [0.5, 0.6) is 5.75 Å². The van der Waals surface area contributed by atoms with Gasteiger partial charge >= 0.3 is 0 Å². The summed E-state index contributed by atoms with van der Waals surface area (Å²) in [5.74, 6) is 0.568. The minimum atomic E-state index is -0.0571. The molecular formula is C7H9BrClN3O. The van der Waals surface area contributed by atoms with Crippen LogP contribution in [-0.2, 0) is 0 Å². The minimum absolute atomic E-state index is 0. The second kappa shape index (κ2) is 5.04. The summed E-state index contributed by atoms with van der Waals surface area (Å²) in [7, 11) is 1.55. The number of ether oxygens (including phenoxy) is 1. The summed E-state index contributed by atoms with van der Waals surface area (Å²) in [6.45, 7) is 0. The fourth-order valence-corrected chi connectivity index (χ4v) is 1.21. The van der Waals surface area contributed by atoms with E-state index in [1.807, 2.05) is 0 Å². The highest BCUT2D eigenvalue weighted by molar-refractivity contribution is 9.10. The molecule has 0 atom stereocenters. The largest absolute Gasteiger partial charge is 0.494 e. The second-order valence-corrected chi connectivity index (χ2v) is 2.85. The molecule has 0 aliphatic rings. The van der Waals surface area contributed by atoms with E-state index in [1.54, 1.807) is 19.2 Å². The molecule has 4 nitrogen and oxygen atoms in total. The highest BCUT2D eigenvalue weighted by Crippen LogP contribution is 2.21. The van der Waals surface area contributed by atoms with Gasteiger partial charge in [0.15, 0.2) is 5.75 Å². The number of nitrogens with two attached hydrogens (primary N) is 1. The van der Waals surface area contributed by atoms with E-state index in [0.29, 0.717) is 16.0 Å². The number of amidine groups is 1. The molecule has 6 heteroatoms. The Morgan fingerprint density at radius 3 is 2.62 bits per heavy atom. The molecule has 0 aliphatic heterocycles. The molecule has 1 rings (SSSR count). The SMILES string of the molecule is COc1ccc(C(=N)N)nc1Br.Cl. The molecule has 0 saturated heterocycles. The number of nitrogens with one attached hydrogen (secondary N) is 1. The molecule has 13 heavy (non-hydrogen) atoms. The van der Waals surface area contributed by atoms with Crippen LogP contribution >= 0.6 is 28.3 Å². The smallest absolute Gasteiger partial charge is 0.151 e. The molecule has 0 saturated carbocycles. The van der Waals surface area contributed by atoms with E-state index < -0.39 is 0 Å². The van der Waals surface area contributed by atoms with Gasteiger partial charge < -0.3 is 10.5 Å². The van der Waals surface area contributed by atoms with Gasteiger partial charge in [-0.1, -0.05) is 0 Å². The van der Waals surface area contributed by atoms with Crippen molar-refractivity contribution in [1.29, 1.82) is 5.41 Å². The summed E-state index contributed by atoms with van der Waals surface area (Å²) in [5, 5.41) is 7.11. The number of nitrogens with zero attached hydrogens (tertiary/aromatic N) is 1. The highest BCUT2D eigenvalue weighted by atomic mass is 79.9. The zero-order valence-corrected chi connectivity index (χ0v) is 9.28. The lowest BCUT2D eigenvalue weighted by molar-refractivity contribution is 0.409. The van der Waals surface area contributed by atoms with Gasteiger partial charge in [-0.2, -0.15) is 0 Å². The predicted molar refractivity (Wildman–Crippen MR) is 56.8 cm³/mol. The fourth-order valence-electron chi connectivity index (χ4n) is 0.724. The average Bonchev–Trinajstić information content (AvgIpc) is 2.04. The Bertz CT molecular complexity index is 319. The van der Waals surface area contributed by atoms with Gasteiger partial charge in [-0.15, -0.1) is 12.4 Å². The Balaban J connectivity index is 0.00000144. The van der Waals surface area contributed by atoms with Gasteiger partial charge in [-0.3, -0.25) is 5.41 Å². The van der Waals surface area contributed by atoms with E-state index in [2.05, 4.69) is 20.9 Å². The van der Waals surface area contributed by atoms with Crippen LogP contribution in [-0.4, -0.2) is 17.9 Å². The van der Waals surface area contributed by atoms with E-state index in [9.17, 15) is 0 Å². The zero-order chi connectivity index (χ0) is 9.14. The predicted octanol–water partition coefficient (Wildman–Crippen LogP) is 1.56. The lowest BCUT2D eigenvalue weighted by Crippen LogP contribution is -2.13. The number of pyridine rings is 1. The summed E-state index contributed by atoms with van der Waals surface area (Å²) < 4.78 is 5.51. The van der Waals surface area contributed by atoms with Crippen LogP contribution in [0.25, 0.3) is 0 Å². The van der Waals surface area contributed by atoms with Gasteiger partial charge in [0.05, 0.1) is 7.11 Å². The lowest BCUT2D eigenvalue weighted by Gasteiger charge is -2.03. The van der Waals surface area contributed by atoms with E-state index in [4.69, 9.17) is 15.9 Å². The van der Waals surface area contributed by atoms with Crippen molar-refractivity contribution < 1.29 is 4.74 Å². The zero-order valence-electron chi connectivity index (χ0n) is 6.87. The number of aromatic nitrogens is 1. The van der Waals surface area contributed by atoms with Crippen LogP contribution in [0.3, 0.4) is 0 Å². The van der Waals surface area contributed by atoms with Gasteiger partial charge in [0.1, 0.15) is 16.1 Å². The Morgan fingerprint density at radius 2 is 2.23 bits per heavy atom. The summed E-state index contributed by atoms with van der Waals surface area (Å²) in [6, 6.07) is 3.33. The molecule has 1 aromatic rings. The minimum Gasteiger partial charge on any atom is -0.494 e. The van der Waals surface area contributed by atoms with Crippen LogP contribution in [0.4, 0.5) is 0 Å². The van der Waals surface area contributed by atoms with Crippen molar-refractivity contribution >= 4 is 34.2 Å². The van der Waals surface area contributed by atoms with Crippen molar-refractivity contribution in [3.05, 3.63) is 22.4 Å². The maximum atomic E-state index is 7.11. The van der Waals surface area contributed by atoms with Crippen molar-refractivity contribution in [3.63, 3.8) is 0 Å². The Kier molecular flexibility index (Phi) is 4.72. The van der Waals surface area contributed by atoms with E-state index in [-0.39, 0.29) is 18.2 Å². The molecule has 0 spiro atoms. The van der Waals surface area contributed by atoms with Crippen molar-refractivity contribution in [1.82, 2.24) is 4.98 Å². The van der Waals surface area contributed by atoms with Gasteiger partial charge in [-0.05, 0) is 28.1 Å². The van der Waals surface area contributed by atoms with Crippen LogP contribution in [0.15, 0.2) is 16.7 Å². The van der Waals surface area contributed by atoms with Crippen LogP contribution in [0.1, 0.15) is 5.69 Å². The summed E-state index contributed by atoms with van der Waals surface area (Å²) in [4.78, 5) is 3.99. The highest BCUT2D eigenvalue weighted by Gasteiger charge is 2.03. The first-order valence-electron chi connectivity index (χ1n) is 3.20. The third-order valence-electron chi connectivity index (χ3n) is 1.31. The van der Waals surface area contributed by atoms with Crippen molar-refractivity contribution in [2.24, 2.45) is 5.73 Å². The number of nitrogen functional groups attached to an aromatic ring is 1. The molecule has 0 aromatic carbocycles. The van der Waals surface area contributed by atoms with Gasteiger partial charge in [0.2, 0.25) is 0 Å². The molecule has 0 amide bonds. The number of hydrogen-bond donors (Lipinski definition) is 2. The van der Waals surface area contributed by atoms with E-state index in [0.717, 1.165) is 0 Å². The molecule has 1 heterocycles. The second-order valence-electron chi connectivity index (χ2n) is 2.10. The number of hydrogen-bond acceptors (Lipinski definition) is 3. The summed E-state index contributed by atoms with van der Waals surface area (Å²) in [6.07, 6.45) is 0. The van der Waals surface area contributed by atoms with Crippen LogP contribution in [0, 0.1) is 5.41 Å². The molecule has 0 aliphatic carbocycles. The topological polar surface area (TPSA) is 72.0 Å². The molecule has 0 unspecified atom stereocenters. The monoisotopic (exact) mass is 265 g/mol. The molecule has 0 fully saturated rings. The molecular weight excluding hydrogens is 257 g/mol. The molecule has 3 N–H and O–H groups in total. The lowest BCUT2D eigenvalue weighted by atomic mass is 10.3. The summed E-state index contributed by atoms with van der Waals surface area (Å²) >= 11 is 3.19. The van der Waals surface area contributed by atoms with Gasteiger partial charge in [0.25, 0.3) is 0 Å². The van der Waals surface area contributed by atoms with E-state index in [1.165, 1.54) is 0 Å². The Hall–Kier alpha value is -0.810. The van der Waals surface area contributed by atoms with Crippen LogP contribution in [0.2, 0.25) is 0 Å². The maximum absolute atomic E-state index is 7.11. The Morgan fingerprint density at radius 1 is 1.62 bits per heavy atom. The number of halogens is 2. The summed E-state index contributed by atoms with van der Waals surface area (Å²) in [5.41, 5.74) is 5.67. The van der Waals surface area contributed by atoms with Crippen molar-refractivity contribution in [2.45, 2.75) is 0 Å². The maximum Gasteiger partial charge on any atom is 0.151 e. The van der Waals surface area contributed by atoms with Crippen molar-refractivity contribution in [2.75, 3.05) is 7.11 Å². The van der Waals surface area contributed by atoms with Crippen LogP contribution < -0.4 is 10.5 Å². The average molecular weight is 267 g/mol. The van der Waals surface area contributed by atoms with Gasteiger partial charge in [0, 0.05) is 0 Å². The third kappa shape index (κ3) is 2.86. The Labute approximate surface area is 90.5 Å². The first-order chi connectivity index (χ1) is 5.65. The molecule has 0 radical (unpaired) electrons. The normalized spacial score (nSPS) is 8.77. The standard InChI is InChI=1S/C7H8BrN3O.ClH/c1-12-5-3-2-4(7(9)10)11-6(5)8;/h2-3H,1H3,(H3,9,10);1H. The quantitative estimate of drug-likeness (QED) is 0.485. The molecule has 0 bridgehead atoms. The first-order valence-corrected chi connectivity index (χ1v) is 3.99. The number of methoxy groups -OCH3 is 1. The van der Waals surface area contributed by atoms with Gasteiger partial charge in [-0.25, -0.2) is 4.98 Å². The third-order valence-corrected chi connectivity index (χ3v) is 1.88. The fraction of sp³-hybridized carbons (Fsp3) is 0.143. The number of rotatable bonds is 2. The van der Waals surface area contributed by atoms with Crippen molar-refractivity contribution in [3.8, 4) is 5.75 Å².